The molecular weight excluding hydrogens is 284 g/mol. The highest BCUT2D eigenvalue weighted by atomic mass is 16.5. The fourth-order valence-electron chi connectivity index (χ4n) is 1.86. The Labute approximate surface area is 131 Å². The van der Waals surface area contributed by atoms with E-state index in [0.717, 1.165) is 5.75 Å². The maximum Gasteiger partial charge on any atom is 0.407 e. The SMILES string of the molecule is CCOC(=O)N[C@@H](C(=O)Nc1ccc(OCC)cc1)C(C)C. The number of carbonyl (C=O) groups is 2. The van der Waals surface area contributed by atoms with Crippen molar-refractivity contribution in [2.45, 2.75) is 33.7 Å². The zero-order chi connectivity index (χ0) is 16.5. The second kappa shape index (κ2) is 8.92. The Kier molecular flexibility index (Phi) is 7.22. The molecule has 2 amide bonds. The fraction of sp³-hybridized carbons (Fsp3) is 0.500. The van der Waals surface area contributed by atoms with E-state index in [-0.39, 0.29) is 18.4 Å². The molecule has 0 spiro atoms. The lowest BCUT2D eigenvalue weighted by Gasteiger charge is -2.21. The van der Waals surface area contributed by atoms with Crippen molar-refractivity contribution in [3.63, 3.8) is 0 Å². The molecule has 0 radical (unpaired) electrons. The third-order valence-electron chi connectivity index (χ3n) is 2.93. The summed E-state index contributed by atoms with van der Waals surface area (Å²) in [5.41, 5.74) is 0.643. The summed E-state index contributed by atoms with van der Waals surface area (Å²) in [6.45, 7) is 8.18. The van der Waals surface area contributed by atoms with Gasteiger partial charge in [-0.15, -0.1) is 0 Å². The molecule has 6 heteroatoms. The maximum absolute atomic E-state index is 12.3. The number of rotatable bonds is 7. The number of hydrogen-bond donors (Lipinski definition) is 2. The van der Waals surface area contributed by atoms with Crippen LogP contribution in [0.1, 0.15) is 27.7 Å². The Balaban J connectivity index is 2.68. The Morgan fingerprint density at radius 3 is 2.23 bits per heavy atom. The molecule has 1 rings (SSSR count). The van der Waals surface area contributed by atoms with Crippen LogP contribution < -0.4 is 15.4 Å². The van der Waals surface area contributed by atoms with Crippen LogP contribution in [0.5, 0.6) is 5.75 Å². The highest BCUT2D eigenvalue weighted by Crippen LogP contribution is 2.16. The molecular formula is C16H24N2O4. The molecule has 0 bridgehead atoms. The molecule has 1 aromatic rings. The normalized spacial score (nSPS) is 11.7. The number of ether oxygens (including phenoxy) is 2. The molecule has 0 saturated heterocycles. The zero-order valence-electron chi connectivity index (χ0n) is 13.5. The predicted octanol–water partition coefficient (Wildman–Crippen LogP) is 2.79. The lowest BCUT2D eigenvalue weighted by atomic mass is 10.0. The van der Waals surface area contributed by atoms with E-state index in [9.17, 15) is 9.59 Å². The standard InChI is InChI=1S/C16H24N2O4/c1-5-21-13-9-7-12(8-10-13)17-15(19)14(11(3)4)18-16(20)22-6-2/h7-11,14H,5-6H2,1-4H3,(H,17,19)(H,18,20)/t14-/m1/s1. The smallest absolute Gasteiger partial charge is 0.407 e. The van der Waals surface area contributed by atoms with Crippen LogP contribution in [0.15, 0.2) is 24.3 Å². The van der Waals surface area contributed by atoms with Gasteiger partial charge in [0.25, 0.3) is 0 Å². The zero-order valence-corrected chi connectivity index (χ0v) is 13.5. The number of alkyl carbamates (subject to hydrolysis) is 1. The van der Waals surface area contributed by atoms with Crippen molar-refractivity contribution in [3.8, 4) is 5.75 Å². The van der Waals surface area contributed by atoms with E-state index < -0.39 is 12.1 Å². The van der Waals surface area contributed by atoms with Gasteiger partial charge in [-0.2, -0.15) is 0 Å². The molecule has 0 unspecified atom stereocenters. The van der Waals surface area contributed by atoms with Crippen molar-refractivity contribution < 1.29 is 19.1 Å². The van der Waals surface area contributed by atoms with Crippen LogP contribution in [0.4, 0.5) is 10.5 Å². The number of anilines is 1. The molecule has 0 fully saturated rings. The topological polar surface area (TPSA) is 76.7 Å². The van der Waals surface area contributed by atoms with Gasteiger partial charge in [-0.05, 0) is 44.0 Å². The highest BCUT2D eigenvalue weighted by Gasteiger charge is 2.24. The molecule has 0 aliphatic carbocycles. The van der Waals surface area contributed by atoms with Gasteiger partial charge in [-0.3, -0.25) is 4.79 Å². The van der Waals surface area contributed by atoms with Crippen molar-refractivity contribution >= 4 is 17.7 Å². The molecule has 0 aliphatic heterocycles. The molecule has 0 saturated carbocycles. The van der Waals surface area contributed by atoms with Crippen LogP contribution in [0.25, 0.3) is 0 Å². The van der Waals surface area contributed by atoms with Crippen LogP contribution in [0.2, 0.25) is 0 Å². The molecule has 2 N–H and O–H groups in total. The summed E-state index contributed by atoms with van der Waals surface area (Å²) in [6.07, 6.45) is -0.594. The second-order valence-corrected chi connectivity index (χ2v) is 5.03. The van der Waals surface area contributed by atoms with Gasteiger partial charge < -0.3 is 20.1 Å². The average molecular weight is 308 g/mol. The van der Waals surface area contributed by atoms with E-state index in [1.54, 1.807) is 31.2 Å². The lowest BCUT2D eigenvalue weighted by Crippen LogP contribution is -2.47. The van der Waals surface area contributed by atoms with Gasteiger partial charge >= 0.3 is 6.09 Å². The lowest BCUT2D eigenvalue weighted by molar-refractivity contribution is -0.119. The summed E-state index contributed by atoms with van der Waals surface area (Å²) in [5.74, 6) is 0.393. The molecule has 0 heterocycles. The average Bonchev–Trinajstić information content (AvgIpc) is 2.47. The van der Waals surface area contributed by atoms with Crippen LogP contribution in [-0.4, -0.2) is 31.3 Å². The van der Waals surface area contributed by atoms with Crippen LogP contribution in [0.3, 0.4) is 0 Å². The Bertz CT molecular complexity index is 485. The number of carbonyl (C=O) groups excluding carboxylic acids is 2. The molecule has 1 aromatic carbocycles. The van der Waals surface area contributed by atoms with E-state index in [1.165, 1.54) is 0 Å². The molecule has 1 atom stereocenters. The number of amides is 2. The summed E-state index contributed by atoms with van der Waals surface area (Å²) in [6, 6.07) is 6.41. The second-order valence-electron chi connectivity index (χ2n) is 5.03. The van der Waals surface area contributed by atoms with Gasteiger partial charge in [0.05, 0.1) is 13.2 Å². The predicted molar refractivity (Wildman–Crippen MR) is 85.0 cm³/mol. The highest BCUT2D eigenvalue weighted by molar-refractivity contribution is 5.96. The summed E-state index contributed by atoms with van der Waals surface area (Å²) in [7, 11) is 0. The quantitative estimate of drug-likeness (QED) is 0.812. The molecule has 122 valence electrons. The minimum absolute atomic E-state index is 0.0629. The molecule has 22 heavy (non-hydrogen) atoms. The first kappa shape index (κ1) is 17.8. The Hall–Kier alpha value is -2.24. The molecule has 6 nitrogen and oxygen atoms in total. The van der Waals surface area contributed by atoms with Gasteiger partial charge in [-0.1, -0.05) is 13.8 Å². The fourth-order valence-corrected chi connectivity index (χ4v) is 1.86. The van der Waals surface area contributed by atoms with Crippen molar-refractivity contribution in [3.05, 3.63) is 24.3 Å². The van der Waals surface area contributed by atoms with Crippen molar-refractivity contribution in [1.29, 1.82) is 0 Å². The van der Waals surface area contributed by atoms with Crippen molar-refractivity contribution in [2.75, 3.05) is 18.5 Å². The first-order chi connectivity index (χ1) is 10.5. The summed E-state index contributed by atoms with van der Waals surface area (Å²) in [5, 5.41) is 5.35. The maximum atomic E-state index is 12.3. The van der Waals surface area contributed by atoms with Gasteiger partial charge in [0, 0.05) is 5.69 Å². The van der Waals surface area contributed by atoms with Crippen molar-refractivity contribution in [2.24, 2.45) is 5.92 Å². The van der Waals surface area contributed by atoms with Crippen molar-refractivity contribution in [1.82, 2.24) is 5.32 Å². The Morgan fingerprint density at radius 2 is 1.73 bits per heavy atom. The van der Waals surface area contributed by atoms with E-state index in [4.69, 9.17) is 9.47 Å². The number of benzene rings is 1. The molecule has 0 aliphatic rings. The number of hydrogen-bond acceptors (Lipinski definition) is 4. The molecule has 0 aromatic heterocycles. The van der Waals surface area contributed by atoms with E-state index in [2.05, 4.69) is 10.6 Å². The van der Waals surface area contributed by atoms with E-state index >= 15 is 0 Å². The largest absolute Gasteiger partial charge is 0.494 e. The summed E-state index contributed by atoms with van der Waals surface area (Å²) >= 11 is 0. The summed E-state index contributed by atoms with van der Waals surface area (Å²) < 4.78 is 10.2. The minimum atomic E-state index is -0.661. The Morgan fingerprint density at radius 1 is 1.09 bits per heavy atom. The van der Waals surface area contributed by atoms with Crippen LogP contribution in [-0.2, 0) is 9.53 Å². The number of nitrogens with one attached hydrogen (secondary N) is 2. The summed E-state index contributed by atoms with van der Waals surface area (Å²) in [4.78, 5) is 23.8. The van der Waals surface area contributed by atoms with Crippen LogP contribution >= 0.6 is 0 Å². The van der Waals surface area contributed by atoms with E-state index in [1.807, 2.05) is 20.8 Å². The third kappa shape index (κ3) is 5.63. The van der Waals surface area contributed by atoms with Gasteiger partial charge in [0.15, 0.2) is 0 Å². The first-order valence-corrected chi connectivity index (χ1v) is 7.44. The first-order valence-electron chi connectivity index (χ1n) is 7.44. The third-order valence-corrected chi connectivity index (χ3v) is 2.93. The van der Waals surface area contributed by atoms with Gasteiger partial charge in [0.2, 0.25) is 5.91 Å². The van der Waals surface area contributed by atoms with Gasteiger partial charge in [-0.25, -0.2) is 4.79 Å². The minimum Gasteiger partial charge on any atom is -0.494 e. The van der Waals surface area contributed by atoms with E-state index in [0.29, 0.717) is 12.3 Å². The van der Waals surface area contributed by atoms with Crippen LogP contribution in [0, 0.1) is 5.92 Å². The van der Waals surface area contributed by atoms with Gasteiger partial charge in [0.1, 0.15) is 11.8 Å². The monoisotopic (exact) mass is 308 g/mol.